The Kier molecular flexibility index (Phi) is 6.37. The monoisotopic (exact) mass is 309 g/mol. The van der Waals surface area contributed by atoms with Gasteiger partial charge < -0.3 is 5.32 Å². The summed E-state index contributed by atoms with van der Waals surface area (Å²) in [5.41, 5.74) is 4.44. The molecule has 2 N–H and O–H groups in total. The maximum atomic E-state index is 11.9. The SMILES string of the molecule is C/C(CC(=O)Nc1cccc(Cl)c1C)=N/NC(=O)C(C)C. The number of benzene rings is 1. The van der Waals surface area contributed by atoms with Crippen molar-refractivity contribution in [3.63, 3.8) is 0 Å². The van der Waals surface area contributed by atoms with Crippen molar-refractivity contribution in [3.05, 3.63) is 28.8 Å². The third-order valence-corrected chi connectivity index (χ3v) is 3.25. The molecule has 0 aliphatic rings. The van der Waals surface area contributed by atoms with E-state index in [9.17, 15) is 9.59 Å². The quantitative estimate of drug-likeness (QED) is 0.648. The van der Waals surface area contributed by atoms with E-state index in [2.05, 4.69) is 15.8 Å². The van der Waals surface area contributed by atoms with E-state index in [1.807, 2.05) is 6.92 Å². The van der Waals surface area contributed by atoms with Gasteiger partial charge in [-0.05, 0) is 31.5 Å². The molecule has 5 nitrogen and oxygen atoms in total. The number of hydrogen-bond acceptors (Lipinski definition) is 3. The van der Waals surface area contributed by atoms with Crippen molar-refractivity contribution in [2.75, 3.05) is 5.32 Å². The Labute approximate surface area is 129 Å². The minimum Gasteiger partial charge on any atom is -0.325 e. The van der Waals surface area contributed by atoms with Crippen LogP contribution in [-0.4, -0.2) is 17.5 Å². The lowest BCUT2D eigenvalue weighted by Gasteiger charge is -2.09. The van der Waals surface area contributed by atoms with Crippen LogP contribution in [0.2, 0.25) is 5.02 Å². The summed E-state index contributed by atoms with van der Waals surface area (Å²) in [6.07, 6.45) is 0.102. The van der Waals surface area contributed by atoms with Crippen LogP contribution in [0.15, 0.2) is 23.3 Å². The van der Waals surface area contributed by atoms with Gasteiger partial charge in [-0.15, -0.1) is 0 Å². The van der Waals surface area contributed by atoms with E-state index >= 15 is 0 Å². The highest BCUT2D eigenvalue weighted by Crippen LogP contribution is 2.22. The van der Waals surface area contributed by atoms with Gasteiger partial charge in [-0.3, -0.25) is 9.59 Å². The van der Waals surface area contributed by atoms with Crippen LogP contribution < -0.4 is 10.7 Å². The third kappa shape index (κ3) is 5.55. The number of hydrazone groups is 1. The van der Waals surface area contributed by atoms with Gasteiger partial charge in [0.1, 0.15) is 0 Å². The maximum absolute atomic E-state index is 11.9. The van der Waals surface area contributed by atoms with Crippen LogP contribution in [0.25, 0.3) is 0 Å². The standard InChI is InChI=1S/C15H20ClN3O2/c1-9(2)15(21)19-18-10(3)8-14(20)17-13-7-5-6-12(16)11(13)4/h5-7,9H,8H2,1-4H3,(H,17,20)(H,19,21)/b18-10-. The number of carbonyl (C=O) groups excluding carboxylic acids is 2. The Morgan fingerprint density at radius 2 is 2.00 bits per heavy atom. The molecule has 1 aromatic rings. The highest BCUT2D eigenvalue weighted by Gasteiger charge is 2.09. The average Bonchev–Trinajstić information content (AvgIpc) is 2.41. The fourth-order valence-corrected chi connectivity index (χ4v) is 1.66. The number of hydrogen-bond donors (Lipinski definition) is 2. The van der Waals surface area contributed by atoms with Crippen molar-refractivity contribution in [2.24, 2.45) is 11.0 Å². The Bertz CT molecular complexity index is 568. The predicted octanol–water partition coefficient (Wildman–Crippen LogP) is 3.13. The molecule has 0 aliphatic carbocycles. The summed E-state index contributed by atoms with van der Waals surface area (Å²) >= 11 is 5.99. The molecule has 6 heteroatoms. The summed E-state index contributed by atoms with van der Waals surface area (Å²) in [5, 5.41) is 7.27. The lowest BCUT2D eigenvalue weighted by atomic mass is 10.2. The van der Waals surface area contributed by atoms with E-state index in [0.717, 1.165) is 5.56 Å². The molecule has 0 bridgehead atoms. The molecular formula is C15H20ClN3O2. The van der Waals surface area contributed by atoms with E-state index in [0.29, 0.717) is 16.4 Å². The smallest absolute Gasteiger partial charge is 0.242 e. The Morgan fingerprint density at radius 1 is 1.33 bits per heavy atom. The zero-order valence-corrected chi connectivity index (χ0v) is 13.4. The predicted molar refractivity (Wildman–Crippen MR) is 85.5 cm³/mol. The molecule has 0 saturated carbocycles. The molecule has 0 radical (unpaired) electrons. The second-order valence-corrected chi connectivity index (χ2v) is 5.52. The molecule has 0 spiro atoms. The molecule has 0 heterocycles. The molecule has 2 amide bonds. The Morgan fingerprint density at radius 3 is 2.62 bits per heavy atom. The number of anilines is 1. The highest BCUT2D eigenvalue weighted by molar-refractivity contribution is 6.31. The number of nitrogens with one attached hydrogen (secondary N) is 2. The van der Waals surface area contributed by atoms with Crippen molar-refractivity contribution in [1.82, 2.24) is 5.43 Å². The first-order valence-corrected chi connectivity index (χ1v) is 7.07. The second-order valence-electron chi connectivity index (χ2n) is 5.12. The first-order chi connectivity index (χ1) is 9.81. The molecule has 1 rings (SSSR count). The lowest BCUT2D eigenvalue weighted by molar-refractivity contribution is -0.124. The summed E-state index contributed by atoms with van der Waals surface area (Å²) in [7, 11) is 0. The lowest BCUT2D eigenvalue weighted by Crippen LogP contribution is -2.25. The summed E-state index contributed by atoms with van der Waals surface area (Å²) in [6, 6.07) is 5.32. The molecule has 114 valence electrons. The van der Waals surface area contributed by atoms with Crippen molar-refractivity contribution in [1.29, 1.82) is 0 Å². The number of amides is 2. The molecule has 21 heavy (non-hydrogen) atoms. The average molecular weight is 310 g/mol. The first kappa shape index (κ1) is 17.2. The largest absolute Gasteiger partial charge is 0.325 e. The van der Waals surface area contributed by atoms with Crippen LogP contribution in [0.1, 0.15) is 32.8 Å². The zero-order valence-electron chi connectivity index (χ0n) is 12.7. The summed E-state index contributed by atoms with van der Waals surface area (Å²) in [5.74, 6) is -0.537. The Balaban J connectivity index is 2.59. The van der Waals surface area contributed by atoms with Gasteiger partial charge in [0, 0.05) is 22.3 Å². The third-order valence-electron chi connectivity index (χ3n) is 2.84. The fourth-order valence-electron chi connectivity index (χ4n) is 1.49. The van der Waals surface area contributed by atoms with E-state index in [1.165, 1.54) is 0 Å². The minimum absolute atomic E-state index is 0.102. The molecule has 0 aromatic heterocycles. The van der Waals surface area contributed by atoms with Gasteiger partial charge in [-0.1, -0.05) is 31.5 Å². The van der Waals surface area contributed by atoms with Gasteiger partial charge in [0.2, 0.25) is 11.8 Å². The molecule has 0 atom stereocenters. The van der Waals surface area contributed by atoms with Crippen LogP contribution >= 0.6 is 11.6 Å². The Hall–Kier alpha value is -1.88. The first-order valence-electron chi connectivity index (χ1n) is 6.69. The molecule has 1 aromatic carbocycles. The molecule has 0 saturated heterocycles. The van der Waals surface area contributed by atoms with Crippen molar-refractivity contribution >= 4 is 34.8 Å². The zero-order chi connectivity index (χ0) is 16.0. The van der Waals surface area contributed by atoms with Crippen LogP contribution in [-0.2, 0) is 9.59 Å². The minimum atomic E-state index is -0.208. The van der Waals surface area contributed by atoms with Crippen molar-refractivity contribution in [2.45, 2.75) is 34.1 Å². The molecule has 0 aliphatic heterocycles. The van der Waals surface area contributed by atoms with Gasteiger partial charge in [0.25, 0.3) is 0 Å². The second kappa shape index (κ2) is 7.78. The van der Waals surface area contributed by atoms with Crippen LogP contribution in [0.4, 0.5) is 5.69 Å². The molecule has 0 unspecified atom stereocenters. The van der Waals surface area contributed by atoms with Crippen molar-refractivity contribution in [3.8, 4) is 0 Å². The van der Waals surface area contributed by atoms with E-state index in [-0.39, 0.29) is 24.2 Å². The van der Waals surface area contributed by atoms with Crippen LogP contribution in [0.5, 0.6) is 0 Å². The summed E-state index contributed by atoms with van der Waals surface area (Å²) in [6.45, 7) is 7.07. The van der Waals surface area contributed by atoms with Crippen molar-refractivity contribution < 1.29 is 9.59 Å². The number of halogens is 1. The van der Waals surface area contributed by atoms with Gasteiger partial charge in [0.15, 0.2) is 0 Å². The van der Waals surface area contributed by atoms with Gasteiger partial charge in [-0.2, -0.15) is 5.10 Å². The fraction of sp³-hybridized carbons (Fsp3) is 0.400. The van der Waals surface area contributed by atoms with E-state index in [4.69, 9.17) is 11.6 Å². The summed E-state index contributed by atoms with van der Waals surface area (Å²) < 4.78 is 0. The number of rotatable bonds is 5. The van der Waals surface area contributed by atoms with Gasteiger partial charge in [0.05, 0.1) is 6.42 Å². The number of carbonyl (C=O) groups is 2. The van der Waals surface area contributed by atoms with Crippen LogP contribution in [0, 0.1) is 12.8 Å². The van der Waals surface area contributed by atoms with E-state index in [1.54, 1.807) is 39.0 Å². The maximum Gasteiger partial charge on any atom is 0.242 e. The number of nitrogens with zero attached hydrogens (tertiary/aromatic N) is 1. The normalized spacial score (nSPS) is 11.4. The molecular weight excluding hydrogens is 290 g/mol. The van der Waals surface area contributed by atoms with Crippen LogP contribution in [0.3, 0.4) is 0 Å². The van der Waals surface area contributed by atoms with E-state index < -0.39 is 0 Å². The van der Waals surface area contributed by atoms with Gasteiger partial charge >= 0.3 is 0 Å². The molecule has 0 fully saturated rings. The summed E-state index contributed by atoms with van der Waals surface area (Å²) in [4.78, 5) is 23.3. The highest BCUT2D eigenvalue weighted by atomic mass is 35.5. The van der Waals surface area contributed by atoms with Gasteiger partial charge in [-0.25, -0.2) is 5.43 Å². The topological polar surface area (TPSA) is 70.6 Å².